The molecule has 1 saturated carbocycles. The van der Waals surface area contributed by atoms with Gasteiger partial charge in [-0.2, -0.15) is 4.99 Å². The topological polar surface area (TPSA) is 100 Å². The quantitative estimate of drug-likeness (QED) is 0.273. The molecule has 1 unspecified atom stereocenters. The first kappa shape index (κ1) is 30.1. The number of carboxylic acids is 1. The molecule has 0 spiro atoms. The van der Waals surface area contributed by atoms with Crippen molar-refractivity contribution in [1.29, 1.82) is 0 Å². The number of ether oxygens (including phenoxy) is 2. The lowest BCUT2D eigenvalue weighted by molar-refractivity contribution is -0.136. The highest BCUT2D eigenvalue weighted by Crippen LogP contribution is 2.42. The molecule has 2 N–H and O–H groups in total. The number of hydrogen-bond donors (Lipinski definition) is 2. The molecule has 3 aromatic carbocycles. The lowest BCUT2D eigenvalue weighted by Gasteiger charge is -2.41. The lowest BCUT2D eigenvalue weighted by atomic mass is 9.71. The summed E-state index contributed by atoms with van der Waals surface area (Å²) < 4.78 is 12.2. The van der Waals surface area contributed by atoms with Crippen molar-refractivity contribution < 1.29 is 24.2 Å². The molecule has 1 atom stereocenters. The van der Waals surface area contributed by atoms with E-state index in [1.165, 1.54) is 0 Å². The zero-order valence-electron chi connectivity index (χ0n) is 25.2. The maximum absolute atomic E-state index is 12.5. The monoisotopic (exact) mass is 583 g/mol. The second-order valence-corrected chi connectivity index (χ2v) is 12.4. The first-order valence-corrected chi connectivity index (χ1v) is 15.1. The second-order valence-electron chi connectivity index (χ2n) is 12.4. The highest BCUT2D eigenvalue weighted by molar-refractivity contribution is 5.94. The number of amides is 1. The summed E-state index contributed by atoms with van der Waals surface area (Å²) in [4.78, 5) is 30.6. The molecule has 5 rings (SSSR count). The Kier molecular flexibility index (Phi) is 9.34. The number of amidine groups is 1. The fourth-order valence-corrected chi connectivity index (χ4v) is 5.98. The SMILES string of the molecule is CC(C)(C)C1CCC(N2C(=Nc3ccc(Oc4ccccc4)cc3)OCC2c2ccc(C(=O)NCCC(=O)O)cc2)CC1. The number of nitrogens with one attached hydrogen (secondary N) is 1. The lowest BCUT2D eigenvalue weighted by Crippen LogP contribution is -2.42. The van der Waals surface area contributed by atoms with Gasteiger partial charge in [-0.05, 0) is 91.1 Å². The summed E-state index contributed by atoms with van der Waals surface area (Å²) >= 11 is 0. The van der Waals surface area contributed by atoms with Gasteiger partial charge < -0.3 is 24.8 Å². The van der Waals surface area contributed by atoms with Gasteiger partial charge in [0.1, 0.15) is 18.1 Å². The van der Waals surface area contributed by atoms with Crippen LogP contribution in [0.25, 0.3) is 0 Å². The molecule has 43 heavy (non-hydrogen) atoms. The number of rotatable bonds is 9. The summed E-state index contributed by atoms with van der Waals surface area (Å²) in [5, 5.41) is 11.5. The van der Waals surface area contributed by atoms with Crippen LogP contribution in [0.2, 0.25) is 0 Å². The van der Waals surface area contributed by atoms with E-state index >= 15 is 0 Å². The maximum atomic E-state index is 12.5. The van der Waals surface area contributed by atoms with Crippen LogP contribution in [0.1, 0.15) is 74.8 Å². The van der Waals surface area contributed by atoms with E-state index < -0.39 is 5.97 Å². The summed E-state index contributed by atoms with van der Waals surface area (Å²) in [7, 11) is 0. The van der Waals surface area contributed by atoms with E-state index in [-0.39, 0.29) is 30.3 Å². The minimum Gasteiger partial charge on any atom is -0.481 e. The van der Waals surface area contributed by atoms with Gasteiger partial charge in [-0.25, -0.2) is 0 Å². The Morgan fingerprint density at radius 3 is 2.21 bits per heavy atom. The third-order valence-electron chi connectivity index (χ3n) is 8.46. The molecule has 0 bridgehead atoms. The van der Waals surface area contributed by atoms with Gasteiger partial charge in [0, 0.05) is 18.2 Å². The van der Waals surface area contributed by atoms with Gasteiger partial charge in [-0.1, -0.05) is 51.1 Å². The molecule has 8 heteroatoms. The molecule has 1 aliphatic heterocycles. The Hall–Kier alpha value is -4.33. The molecular formula is C35H41N3O5. The van der Waals surface area contributed by atoms with Crippen LogP contribution in [0.4, 0.5) is 5.69 Å². The molecule has 1 aliphatic carbocycles. The molecule has 1 heterocycles. The molecule has 2 aliphatic rings. The summed E-state index contributed by atoms with van der Waals surface area (Å²) in [5.74, 6) is 0.980. The van der Waals surface area contributed by atoms with Crippen LogP contribution < -0.4 is 10.1 Å². The van der Waals surface area contributed by atoms with Crippen LogP contribution in [0.15, 0.2) is 83.9 Å². The van der Waals surface area contributed by atoms with Gasteiger partial charge in [-0.3, -0.25) is 9.59 Å². The average molecular weight is 584 g/mol. The number of carbonyl (C=O) groups is 2. The Balaban J connectivity index is 1.34. The van der Waals surface area contributed by atoms with Gasteiger partial charge in [0.05, 0.1) is 18.2 Å². The smallest absolute Gasteiger partial charge is 0.305 e. The van der Waals surface area contributed by atoms with E-state index in [0.717, 1.165) is 48.4 Å². The number of nitrogens with zero attached hydrogens (tertiary/aromatic N) is 2. The van der Waals surface area contributed by atoms with Crippen LogP contribution in [-0.2, 0) is 9.53 Å². The summed E-state index contributed by atoms with van der Waals surface area (Å²) in [6.07, 6.45) is 4.33. The summed E-state index contributed by atoms with van der Waals surface area (Å²) in [5.41, 5.74) is 2.62. The number of para-hydroxylation sites is 1. The Morgan fingerprint density at radius 1 is 0.930 bits per heavy atom. The van der Waals surface area contributed by atoms with Gasteiger partial charge >= 0.3 is 5.97 Å². The molecule has 0 radical (unpaired) electrons. The average Bonchev–Trinajstić information content (AvgIpc) is 3.41. The minimum atomic E-state index is -0.942. The number of carbonyl (C=O) groups excluding carboxylic acids is 1. The van der Waals surface area contributed by atoms with Crippen molar-refractivity contribution in [1.82, 2.24) is 10.2 Å². The van der Waals surface area contributed by atoms with E-state index in [2.05, 4.69) is 31.0 Å². The van der Waals surface area contributed by atoms with Crippen LogP contribution in [0, 0.1) is 11.3 Å². The van der Waals surface area contributed by atoms with Gasteiger partial charge in [0.15, 0.2) is 0 Å². The zero-order valence-corrected chi connectivity index (χ0v) is 25.2. The molecule has 0 aromatic heterocycles. The van der Waals surface area contributed by atoms with Crippen molar-refractivity contribution in [3.05, 3.63) is 90.0 Å². The van der Waals surface area contributed by atoms with Crippen molar-refractivity contribution in [3.63, 3.8) is 0 Å². The molecule has 3 aromatic rings. The van der Waals surface area contributed by atoms with Gasteiger partial charge in [0.2, 0.25) is 0 Å². The summed E-state index contributed by atoms with van der Waals surface area (Å²) in [6, 6.07) is 25.8. The molecule has 1 saturated heterocycles. The standard InChI is InChI=1S/C35H41N3O5/c1-35(2,3)26-13-17-28(18-14-26)38-31(24-9-11-25(12-10-24)33(41)36-22-21-32(39)40)23-42-34(38)37-27-15-19-30(20-16-27)43-29-7-5-4-6-8-29/h4-12,15-16,19-20,26,28,31H,13-14,17-18,21-23H2,1-3H3,(H,36,41)(H,39,40). The van der Waals surface area contributed by atoms with E-state index in [1.807, 2.05) is 66.7 Å². The first-order valence-electron chi connectivity index (χ1n) is 15.1. The zero-order chi connectivity index (χ0) is 30.4. The first-order chi connectivity index (χ1) is 20.7. The summed E-state index contributed by atoms with van der Waals surface area (Å²) in [6.45, 7) is 7.56. The van der Waals surface area contributed by atoms with Crippen molar-refractivity contribution in [2.45, 2.75) is 65.0 Å². The molecule has 8 nitrogen and oxygen atoms in total. The molecule has 226 valence electrons. The second kappa shape index (κ2) is 13.3. The Morgan fingerprint density at radius 2 is 1.58 bits per heavy atom. The van der Waals surface area contributed by atoms with Crippen LogP contribution in [0.5, 0.6) is 11.5 Å². The number of hydrogen-bond acceptors (Lipinski definition) is 5. The van der Waals surface area contributed by atoms with E-state index in [4.69, 9.17) is 19.6 Å². The van der Waals surface area contributed by atoms with Crippen molar-refractivity contribution in [2.75, 3.05) is 13.2 Å². The maximum Gasteiger partial charge on any atom is 0.305 e. The number of aliphatic imine (C=N–C) groups is 1. The minimum absolute atomic E-state index is 0.0280. The third kappa shape index (κ3) is 7.74. The van der Waals surface area contributed by atoms with Gasteiger partial charge in [0.25, 0.3) is 11.9 Å². The Bertz CT molecular complexity index is 1410. The highest BCUT2D eigenvalue weighted by Gasteiger charge is 2.40. The number of benzene rings is 3. The van der Waals surface area contributed by atoms with E-state index in [0.29, 0.717) is 30.2 Å². The van der Waals surface area contributed by atoms with Crippen molar-refractivity contribution >= 4 is 23.6 Å². The molecule has 2 fully saturated rings. The highest BCUT2D eigenvalue weighted by atomic mass is 16.5. The normalized spacial score (nSPS) is 21.3. The van der Waals surface area contributed by atoms with E-state index in [9.17, 15) is 9.59 Å². The Labute approximate surface area is 253 Å². The predicted molar refractivity (Wildman–Crippen MR) is 167 cm³/mol. The van der Waals surface area contributed by atoms with Crippen LogP contribution in [-0.4, -0.2) is 47.1 Å². The van der Waals surface area contributed by atoms with Crippen LogP contribution >= 0.6 is 0 Å². The van der Waals surface area contributed by atoms with Crippen molar-refractivity contribution in [2.24, 2.45) is 16.3 Å². The third-order valence-corrected chi connectivity index (χ3v) is 8.46. The van der Waals surface area contributed by atoms with E-state index in [1.54, 1.807) is 12.1 Å². The predicted octanol–water partition coefficient (Wildman–Crippen LogP) is 7.35. The fourth-order valence-electron chi connectivity index (χ4n) is 5.98. The van der Waals surface area contributed by atoms with Crippen LogP contribution in [0.3, 0.4) is 0 Å². The molecule has 1 amide bonds. The van der Waals surface area contributed by atoms with Crippen molar-refractivity contribution in [3.8, 4) is 11.5 Å². The molecular weight excluding hydrogens is 542 g/mol. The largest absolute Gasteiger partial charge is 0.481 e. The fraction of sp³-hybridized carbons (Fsp3) is 0.400. The number of aliphatic carboxylic acids is 1. The van der Waals surface area contributed by atoms with Gasteiger partial charge in [-0.15, -0.1) is 0 Å². The number of carboxylic acid groups (broad SMARTS) is 1.